The molecule has 0 radical (unpaired) electrons. The second-order valence-electron chi connectivity index (χ2n) is 5.46. The van der Waals surface area contributed by atoms with E-state index in [-0.39, 0.29) is 5.84 Å². The number of nitrogen functional groups attached to an aromatic ring is 1. The summed E-state index contributed by atoms with van der Waals surface area (Å²) in [7, 11) is 4.29. The van der Waals surface area contributed by atoms with Crippen molar-refractivity contribution < 1.29 is 0 Å². The molecule has 0 amide bonds. The molecule has 104 valence electrons. The van der Waals surface area contributed by atoms with Crippen LogP contribution in [-0.2, 0) is 6.54 Å². The van der Waals surface area contributed by atoms with Crippen LogP contribution in [-0.4, -0.2) is 53.8 Å². The first-order valence-electron chi connectivity index (χ1n) is 6.74. The smallest absolute Gasteiger partial charge is 0.141 e. The summed E-state index contributed by atoms with van der Waals surface area (Å²) in [6, 6.07) is 4.57. The van der Waals surface area contributed by atoms with Crippen LogP contribution in [0.4, 0.5) is 0 Å². The van der Waals surface area contributed by atoms with Gasteiger partial charge in [-0.25, -0.2) is 0 Å². The van der Waals surface area contributed by atoms with Crippen molar-refractivity contribution >= 4 is 5.84 Å². The minimum Gasteiger partial charge on any atom is -0.382 e. The Bertz CT molecular complexity index is 443. The van der Waals surface area contributed by atoms with Gasteiger partial charge in [0.2, 0.25) is 0 Å². The van der Waals surface area contributed by atoms with Gasteiger partial charge >= 0.3 is 0 Å². The molecule has 19 heavy (non-hydrogen) atoms. The van der Waals surface area contributed by atoms with Crippen molar-refractivity contribution in [2.24, 2.45) is 5.73 Å². The Balaban J connectivity index is 2.00. The zero-order chi connectivity index (χ0) is 13.8. The van der Waals surface area contributed by atoms with Gasteiger partial charge in [0.05, 0.1) is 0 Å². The molecular formula is C14H23N5. The van der Waals surface area contributed by atoms with Crippen molar-refractivity contribution in [3.8, 4) is 0 Å². The minimum absolute atomic E-state index is 0.0339. The van der Waals surface area contributed by atoms with E-state index in [1.165, 1.54) is 18.4 Å². The summed E-state index contributed by atoms with van der Waals surface area (Å²) in [5.74, 6) is 0.0339. The lowest BCUT2D eigenvalue weighted by Gasteiger charge is -2.36. The molecule has 1 fully saturated rings. The van der Waals surface area contributed by atoms with E-state index in [0.29, 0.717) is 11.7 Å². The molecule has 1 aliphatic heterocycles. The van der Waals surface area contributed by atoms with Gasteiger partial charge in [0, 0.05) is 25.3 Å². The molecule has 0 saturated carbocycles. The Hall–Kier alpha value is -1.46. The van der Waals surface area contributed by atoms with Crippen molar-refractivity contribution in [2.45, 2.75) is 25.4 Å². The standard InChI is InChI=1S/C14H23N5/c1-18(2)12-4-3-7-19(10-12)9-11-5-6-17-13(8-11)14(15)16/h5-6,8,12H,3-4,7,9-10H2,1-2H3,(H3,15,16). The lowest BCUT2D eigenvalue weighted by atomic mass is 10.0. The number of aromatic nitrogens is 1. The Morgan fingerprint density at radius 2 is 2.37 bits per heavy atom. The molecule has 1 saturated heterocycles. The van der Waals surface area contributed by atoms with E-state index < -0.39 is 0 Å². The SMILES string of the molecule is CN(C)C1CCCN(Cc2ccnc(C(=N)N)c2)C1. The number of nitrogens with zero attached hydrogens (tertiary/aromatic N) is 3. The summed E-state index contributed by atoms with van der Waals surface area (Å²) < 4.78 is 0. The number of pyridine rings is 1. The molecule has 2 rings (SSSR count). The van der Waals surface area contributed by atoms with Gasteiger partial charge in [0.25, 0.3) is 0 Å². The molecule has 0 bridgehead atoms. The van der Waals surface area contributed by atoms with Crippen molar-refractivity contribution in [1.29, 1.82) is 5.41 Å². The van der Waals surface area contributed by atoms with Crippen LogP contribution in [0.15, 0.2) is 18.3 Å². The topological polar surface area (TPSA) is 69.2 Å². The van der Waals surface area contributed by atoms with Gasteiger partial charge in [-0.2, -0.15) is 0 Å². The van der Waals surface area contributed by atoms with Gasteiger partial charge in [-0.1, -0.05) is 0 Å². The molecule has 0 spiro atoms. The summed E-state index contributed by atoms with van der Waals surface area (Å²) in [6.45, 7) is 3.15. The van der Waals surface area contributed by atoms with Gasteiger partial charge in [0.1, 0.15) is 11.5 Å². The van der Waals surface area contributed by atoms with E-state index in [1.54, 1.807) is 6.20 Å². The predicted octanol–water partition coefficient (Wildman–Crippen LogP) is 0.892. The minimum atomic E-state index is 0.0339. The van der Waals surface area contributed by atoms with E-state index in [0.717, 1.165) is 19.6 Å². The van der Waals surface area contributed by atoms with Crippen LogP contribution in [0.2, 0.25) is 0 Å². The van der Waals surface area contributed by atoms with Gasteiger partial charge < -0.3 is 10.6 Å². The molecule has 0 aliphatic carbocycles. The zero-order valence-corrected chi connectivity index (χ0v) is 11.8. The number of nitrogens with one attached hydrogen (secondary N) is 1. The number of likely N-dealkylation sites (N-methyl/N-ethyl adjacent to an activating group) is 1. The first-order chi connectivity index (χ1) is 9.06. The summed E-state index contributed by atoms with van der Waals surface area (Å²) in [6.07, 6.45) is 4.26. The van der Waals surface area contributed by atoms with Crippen LogP contribution in [0.5, 0.6) is 0 Å². The van der Waals surface area contributed by atoms with Gasteiger partial charge in [0.15, 0.2) is 0 Å². The third-order valence-electron chi connectivity index (χ3n) is 3.72. The third-order valence-corrected chi connectivity index (χ3v) is 3.72. The number of nitrogens with two attached hydrogens (primary N) is 1. The number of hydrogen-bond acceptors (Lipinski definition) is 4. The molecule has 1 aromatic rings. The highest BCUT2D eigenvalue weighted by molar-refractivity contribution is 5.93. The van der Waals surface area contributed by atoms with E-state index in [2.05, 4.69) is 28.9 Å². The Morgan fingerprint density at radius 1 is 1.58 bits per heavy atom. The first kappa shape index (κ1) is 14.0. The molecule has 1 aromatic heterocycles. The highest BCUT2D eigenvalue weighted by Crippen LogP contribution is 2.16. The summed E-state index contributed by atoms with van der Waals surface area (Å²) in [4.78, 5) is 8.87. The van der Waals surface area contributed by atoms with E-state index in [9.17, 15) is 0 Å². The fourth-order valence-electron chi connectivity index (χ4n) is 2.57. The van der Waals surface area contributed by atoms with Crippen LogP contribution in [0.25, 0.3) is 0 Å². The highest BCUT2D eigenvalue weighted by atomic mass is 15.2. The number of amidine groups is 1. The lowest BCUT2D eigenvalue weighted by Crippen LogP contribution is -2.44. The fraction of sp³-hybridized carbons (Fsp3) is 0.571. The second-order valence-corrected chi connectivity index (χ2v) is 5.46. The molecule has 2 heterocycles. The fourth-order valence-corrected chi connectivity index (χ4v) is 2.57. The normalized spacial score (nSPS) is 20.7. The van der Waals surface area contributed by atoms with Crippen LogP contribution in [0.3, 0.4) is 0 Å². The number of hydrogen-bond donors (Lipinski definition) is 2. The van der Waals surface area contributed by atoms with Gasteiger partial charge in [-0.15, -0.1) is 0 Å². The largest absolute Gasteiger partial charge is 0.382 e. The van der Waals surface area contributed by atoms with Crippen LogP contribution < -0.4 is 5.73 Å². The monoisotopic (exact) mass is 261 g/mol. The molecule has 1 unspecified atom stereocenters. The summed E-state index contributed by atoms with van der Waals surface area (Å²) in [5.41, 5.74) is 7.23. The van der Waals surface area contributed by atoms with E-state index in [4.69, 9.17) is 11.1 Å². The van der Waals surface area contributed by atoms with Crippen LogP contribution >= 0.6 is 0 Å². The molecule has 1 atom stereocenters. The highest BCUT2D eigenvalue weighted by Gasteiger charge is 2.21. The van der Waals surface area contributed by atoms with Crippen LogP contribution in [0, 0.1) is 5.41 Å². The molecule has 0 aromatic carbocycles. The molecule has 1 aliphatic rings. The third kappa shape index (κ3) is 3.75. The maximum atomic E-state index is 7.43. The van der Waals surface area contributed by atoms with E-state index in [1.807, 2.05) is 12.1 Å². The predicted molar refractivity (Wildman–Crippen MR) is 77.2 cm³/mol. The molecular weight excluding hydrogens is 238 g/mol. The molecule has 5 heteroatoms. The zero-order valence-electron chi connectivity index (χ0n) is 11.8. The van der Waals surface area contributed by atoms with Gasteiger partial charge in [-0.3, -0.25) is 15.3 Å². The Labute approximate surface area is 114 Å². The first-order valence-corrected chi connectivity index (χ1v) is 6.74. The van der Waals surface area contributed by atoms with Crippen molar-refractivity contribution in [3.05, 3.63) is 29.6 Å². The van der Waals surface area contributed by atoms with E-state index >= 15 is 0 Å². The molecule has 3 N–H and O–H groups in total. The van der Waals surface area contributed by atoms with Crippen LogP contribution in [0.1, 0.15) is 24.1 Å². The number of piperidine rings is 1. The summed E-state index contributed by atoms with van der Waals surface area (Å²) in [5, 5.41) is 7.43. The number of rotatable bonds is 4. The Morgan fingerprint density at radius 3 is 3.05 bits per heavy atom. The van der Waals surface area contributed by atoms with Crippen molar-refractivity contribution in [1.82, 2.24) is 14.8 Å². The van der Waals surface area contributed by atoms with Crippen molar-refractivity contribution in [2.75, 3.05) is 27.2 Å². The quantitative estimate of drug-likeness (QED) is 0.624. The Kier molecular flexibility index (Phi) is 4.50. The lowest BCUT2D eigenvalue weighted by molar-refractivity contribution is 0.128. The molecule has 5 nitrogen and oxygen atoms in total. The maximum Gasteiger partial charge on any atom is 0.141 e. The van der Waals surface area contributed by atoms with Crippen molar-refractivity contribution in [3.63, 3.8) is 0 Å². The average Bonchev–Trinajstić information content (AvgIpc) is 2.39. The summed E-state index contributed by atoms with van der Waals surface area (Å²) >= 11 is 0. The van der Waals surface area contributed by atoms with Gasteiger partial charge in [-0.05, 0) is 51.2 Å². The average molecular weight is 261 g/mol. The maximum absolute atomic E-state index is 7.43. The second kappa shape index (κ2) is 6.12. The number of likely N-dealkylation sites (tertiary alicyclic amines) is 1.